The molecule has 304 valence electrons. The summed E-state index contributed by atoms with van der Waals surface area (Å²) in [6.45, 7) is 2.32. The van der Waals surface area contributed by atoms with Crippen molar-refractivity contribution in [3.8, 4) is 0 Å². The lowest BCUT2D eigenvalue weighted by Crippen LogP contribution is -2.65. The summed E-state index contributed by atoms with van der Waals surface area (Å²) >= 11 is 11.8. The number of ketones is 1. The molecular formula is C36H46Cl2N2O15. The van der Waals surface area contributed by atoms with Gasteiger partial charge in [0.1, 0.15) is 66.2 Å². The number of aliphatic hydroxyl groups excluding tert-OH is 6. The molecule has 8 N–H and O–H groups in total. The molecule has 0 radical (unpaired) electrons. The summed E-state index contributed by atoms with van der Waals surface area (Å²) in [7, 11) is 1.34. The number of allylic oxidation sites excluding steroid dienone is 12. The zero-order chi connectivity index (χ0) is 40.6. The number of carbonyl (C=O) groups excluding carboxylic acids is 3. The Hall–Kier alpha value is -3.27. The minimum absolute atomic E-state index is 0.404. The normalized spacial score (nSPS) is 37.8. The average molecular weight is 818 g/mol. The molecule has 2 amide bonds. The molecule has 4 heterocycles. The first-order valence-corrected chi connectivity index (χ1v) is 17.9. The Morgan fingerprint density at radius 1 is 0.891 bits per heavy atom. The fourth-order valence-corrected chi connectivity index (χ4v) is 6.58. The number of primary amides is 1. The van der Waals surface area contributed by atoms with Crippen LogP contribution in [0.2, 0.25) is 0 Å². The number of methoxy groups -OCH3 is 1. The van der Waals surface area contributed by atoms with Gasteiger partial charge in [-0.1, -0.05) is 65.7 Å². The summed E-state index contributed by atoms with van der Waals surface area (Å²) < 4.78 is 33.7. The van der Waals surface area contributed by atoms with Crippen LogP contribution in [0.15, 0.2) is 82.2 Å². The van der Waals surface area contributed by atoms with Gasteiger partial charge in [0.2, 0.25) is 5.91 Å². The highest BCUT2D eigenvalue weighted by molar-refractivity contribution is 6.34. The van der Waals surface area contributed by atoms with Gasteiger partial charge in [-0.05, 0) is 32.1 Å². The Bertz CT molecular complexity index is 1610. The number of aliphatic hydroxyl groups is 6. The van der Waals surface area contributed by atoms with Crippen LogP contribution in [0.3, 0.4) is 0 Å². The van der Waals surface area contributed by atoms with Gasteiger partial charge in [-0.2, -0.15) is 0 Å². The predicted octanol–water partition coefficient (Wildman–Crippen LogP) is -0.00880. The molecule has 0 aromatic carbocycles. The first-order chi connectivity index (χ1) is 26.1. The van der Waals surface area contributed by atoms with Crippen molar-refractivity contribution >= 4 is 40.8 Å². The van der Waals surface area contributed by atoms with Crippen molar-refractivity contribution in [3.05, 3.63) is 82.2 Å². The van der Waals surface area contributed by atoms with Crippen LogP contribution in [0, 0.1) is 0 Å². The molecule has 4 rings (SSSR count). The SMILES string of the molecule is CO[C@@H]1[C@H](O[C@@H]2CO[C@@H](O[C@@H]3[C@@H](O)[C@H](O)CO[C@H]3N3C(=O)\C(=C(O)/C=C/C=C/C=C/C=C/C=C(Cl)\C=C(/C)Cl)C(=O)[C@@H]3CC(N)=O)[C@@H](O)[C@@H]2O)O[C@H](C)[C@H]1O. The predicted molar refractivity (Wildman–Crippen MR) is 194 cm³/mol. The maximum absolute atomic E-state index is 13.8. The largest absolute Gasteiger partial charge is 0.507 e. The van der Waals surface area contributed by atoms with E-state index in [1.807, 2.05) is 0 Å². The lowest BCUT2D eigenvalue weighted by molar-refractivity contribution is -0.338. The molecule has 0 aromatic rings. The van der Waals surface area contributed by atoms with Gasteiger partial charge in [-0.15, -0.1) is 0 Å². The van der Waals surface area contributed by atoms with E-state index in [1.54, 1.807) is 56.4 Å². The fourth-order valence-electron chi connectivity index (χ4n) is 6.17. The first kappa shape index (κ1) is 44.4. The molecule has 13 atom stereocenters. The Balaban J connectivity index is 1.50. The summed E-state index contributed by atoms with van der Waals surface area (Å²) in [5.41, 5.74) is 4.70. The number of Topliss-reactive ketones (excluding diaryl/α,β-unsaturated/α-hetero) is 1. The molecule has 19 heteroatoms. The van der Waals surface area contributed by atoms with Gasteiger partial charge >= 0.3 is 0 Å². The monoisotopic (exact) mass is 816 g/mol. The van der Waals surface area contributed by atoms with Crippen molar-refractivity contribution in [2.75, 3.05) is 20.3 Å². The number of likely N-dealkylation sites (tertiary alicyclic amines) is 1. The quantitative estimate of drug-likeness (QED) is 0.0527. The number of hydrogen-bond acceptors (Lipinski definition) is 15. The third-order valence-corrected chi connectivity index (χ3v) is 9.31. The van der Waals surface area contributed by atoms with E-state index in [4.69, 9.17) is 57.4 Å². The summed E-state index contributed by atoms with van der Waals surface area (Å²) in [5, 5.41) is 65.5. The number of ether oxygens (including phenoxy) is 6. The summed E-state index contributed by atoms with van der Waals surface area (Å²) in [5.74, 6) is -3.83. The van der Waals surface area contributed by atoms with Crippen molar-refractivity contribution in [2.24, 2.45) is 5.73 Å². The zero-order valence-corrected chi connectivity index (χ0v) is 31.6. The number of nitrogens with two attached hydrogens (primary N) is 1. The number of amides is 2. The van der Waals surface area contributed by atoms with Crippen LogP contribution in [-0.2, 0) is 42.8 Å². The zero-order valence-electron chi connectivity index (χ0n) is 30.0. The molecule has 55 heavy (non-hydrogen) atoms. The maximum Gasteiger partial charge on any atom is 0.264 e. The lowest BCUT2D eigenvalue weighted by atomic mass is 10.0. The highest BCUT2D eigenvalue weighted by atomic mass is 35.5. The second-order valence-electron chi connectivity index (χ2n) is 13.0. The Kier molecular flexibility index (Phi) is 16.4. The number of nitrogens with zero attached hydrogens (tertiary/aromatic N) is 1. The minimum atomic E-state index is -1.85. The van der Waals surface area contributed by atoms with Crippen molar-refractivity contribution in [1.82, 2.24) is 4.90 Å². The molecule has 0 spiro atoms. The molecule has 17 nitrogen and oxygen atoms in total. The Morgan fingerprint density at radius 2 is 1.55 bits per heavy atom. The van der Waals surface area contributed by atoms with E-state index < -0.39 is 128 Å². The molecule has 0 unspecified atom stereocenters. The smallest absolute Gasteiger partial charge is 0.264 e. The number of hydrogen-bond donors (Lipinski definition) is 7. The third-order valence-electron chi connectivity index (χ3n) is 8.96. The maximum atomic E-state index is 13.8. The van der Waals surface area contributed by atoms with Crippen molar-refractivity contribution in [3.63, 3.8) is 0 Å². The summed E-state index contributed by atoms with van der Waals surface area (Å²) in [6, 6.07) is -1.62. The van der Waals surface area contributed by atoms with Crippen molar-refractivity contribution in [1.29, 1.82) is 0 Å². The van der Waals surface area contributed by atoms with E-state index in [2.05, 4.69) is 0 Å². The topological polar surface area (TPSA) is 257 Å². The summed E-state index contributed by atoms with van der Waals surface area (Å²) in [6.07, 6.45) is -2.29. The van der Waals surface area contributed by atoms with Gasteiger partial charge in [0, 0.05) is 17.2 Å². The van der Waals surface area contributed by atoms with Crippen molar-refractivity contribution < 1.29 is 73.4 Å². The molecule has 0 saturated carbocycles. The number of rotatable bonds is 14. The Labute approximate surface area is 326 Å². The molecule has 4 aliphatic heterocycles. The second-order valence-corrected chi connectivity index (χ2v) is 14.0. The van der Waals surface area contributed by atoms with Crippen molar-refractivity contribution in [2.45, 2.75) is 100 Å². The molecule has 0 aliphatic carbocycles. The van der Waals surface area contributed by atoms with Crippen LogP contribution in [0.25, 0.3) is 0 Å². The highest BCUT2D eigenvalue weighted by Crippen LogP contribution is 2.35. The van der Waals surface area contributed by atoms with Crippen LogP contribution in [0.5, 0.6) is 0 Å². The average Bonchev–Trinajstić information content (AvgIpc) is 3.53. The van der Waals surface area contributed by atoms with Crippen LogP contribution in [0.1, 0.15) is 20.3 Å². The standard InChI is InChI=1S/C36H46Cl2N2O15/c1-17(37)13-19(38)11-9-7-5-4-6-8-10-12-21(41)25-27(45)20(14-24(39)43)40(33(25)49)34-31(28(46)22(42)15-51-34)55-35-30(48)29(47)23(16-52-35)54-36-32(50-3)26(44)18(2)53-36/h4-13,18,20,22-23,26,28-32,34-36,41-42,44,46-48H,14-16H2,1-3H3,(H2,39,43)/b5-4+,8-6+,9-7+,12-10+,17-13+,19-11+,25-21+/t18-,20+,22-,23-,26-,28+,29-,30+,31-,32+,34-,35+,36+/m1/s1. The van der Waals surface area contributed by atoms with E-state index in [9.17, 15) is 45.0 Å². The van der Waals surface area contributed by atoms with E-state index in [-0.39, 0.29) is 0 Å². The van der Waals surface area contributed by atoms with E-state index in [0.29, 0.717) is 10.1 Å². The van der Waals surface area contributed by atoms with Gasteiger partial charge < -0.3 is 64.8 Å². The molecule has 4 fully saturated rings. The van der Waals surface area contributed by atoms with Gasteiger partial charge in [-0.25, -0.2) is 0 Å². The molecule has 0 bridgehead atoms. The molecule has 4 aliphatic rings. The van der Waals surface area contributed by atoms with Gasteiger partial charge in [0.25, 0.3) is 5.91 Å². The van der Waals surface area contributed by atoms with Crippen LogP contribution in [-0.4, -0.2) is 153 Å². The van der Waals surface area contributed by atoms with E-state index in [1.165, 1.54) is 19.3 Å². The fraction of sp³-hybridized carbons (Fsp3) is 0.528. The number of halogens is 2. The van der Waals surface area contributed by atoms with Crippen LogP contribution < -0.4 is 5.73 Å². The Morgan fingerprint density at radius 3 is 2.18 bits per heavy atom. The van der Waals surface area contributed by atoms with Gasteiger partial charge in [0.05, 0.1) is 25.7 Å². The van der Waals surface area contributed by atoms with Crippen LogP contribution >= 0.6 is 23.2 Å². The lowest BCUT2D eigenvalue weighted by Gasteiger charge is -2.46. The minimum Gasteiger partial charge on any atom is -0.507 e. The molecule has 4 saturated heterocycles. The molecule has 0 aromatic heterocycles. The van der Waals surface area contributed by atoms with Gasteiger partial charge in [0.15, 0.2) is 24.6 Å². The van der Waals surface area contributed by atoms with Gasteiger partial charge in [-0.3, -0.25) is 19.3 Å². The van der Waals surface area contributed by atoms with E-state index >= 15 is 0 Å². The van der Waals surface area contributed by atoms with E-state index in [0.717, 1.165) is 11.0 Å². The molecular weight excluding hydrogens is 771 g/mol. The third kappa shape index (κ3) is 11.0. The van der Waals surface area contributed by atoms with Crippen LogP contribution in [0.4, 0.5) is 0 Å². The summed E-state index contributed by atoms with van der Waals surface area (Å²) in [4.78, 5) is 40.2. The second kappa shape index (κ2) is 20.2. The number of carbonyl (C=O) groups is 3. The highest BCUT2D eigenvalue weighted by Gasteiger charge is 2.56. The first-order valence-electron chi connectivity index (χ1n) is 17.2.